The lowest BCUT2D eigenvalue weighted by Crippen LogP contribution is -2.39. The Morgan fingerprint density at radius 2 is 1.73 bits per heavy atom. The number of ether oxygens (including phenoxy) is 2. The van der Waals surface area contributed by atoms with Crippen LogP contribution in [0.3, 0.4) is 0 Å². The number of rotatable bonds is 4. The normalized spacial score (nSPS) is 16.8. The highest BCUT2D eigenvalue weighted by Gasteiger charge is 2.20. The van der Waals surface area contributed by atoms with Gasteiger partial charge < -0.3 is 14.8 Å². The zero-order valence-electron chi connectivity index (χ0n) is 14.1. The van der Waals surface area contributed by atoms with Crippen LogP contribution >= 0.6 is 0 Å². The van der Waals surface area contributed by atoms with E-state index in [9.17, 15) is 4.79 Å². The molecule has 26 heavy (non-hydrogen) atoms. The van der Waals surface area contributed by atoms with Crippen LogP contribution in [0.2, 0.25) is 0 Å². The number of amides is 1. The van der Waals surface area contributed by atoms with Crippen molar-refractivity contribution in [2.24, 2.45) is 0 Å². The molecule has 2 aromatic carbocycles. The molecule has 1 unspecified atom stereocenters. The number of hydrogen-bond donors (Lipinski definition) is 1. The van der Waals surface area contributed by atoms with E-state index in [4.69, 9.17) is 9.47 Å². The quantitative estimate of drug-likeness (QED) is 0.782. The number of morpholine rings is 1. The number of carbonyl (C=O) groups excluding carboxylic acids is 1. The summed E-state index contributed by atoms with van der Waals surface area (Å²) in [4.78, 5) is 15.8. The molecule has 2 heterocycles. The van der Waals surface area contributed by atoms with E-state index in [0.29, 0.717) is 6.61 Å². The number of pyridine rings is 1. The van der Waals surface area contributed by atoms with Crippen molar-refractivity contribution in [1.82, 2.24) is 10.3 Å². The number of hydrogen-bond acceptors (Lipinski definition) is 4. The van der Waals surface area contributed by atoms with Crippen molar-refractivity contribution in [3.63, 3.8) is 0 Å². The van der Waals surface area contributed by atoms with Gasteiger partial charge in [-0.25, -0.2) is 0 Å². The molecule has 0 saturated carbocycles. The molecular weight excluding hydrogens is 328 g/mol. The minimum absolute atomic E-state index is 0.103. The third-order valence-electron chi connectivity index (χ3n) is 4.18. The molecule has 1 aliphatic rings. The van der Waals surface area contributed by atoms with E-state index in [-0.39, 0.29) is 18.6 Å². The standard InChI is InChI=1S/C21H18N2O3/c24-21-14-25-13-20(23-21)17-10-16(11-22-12-17)15-6-8-19(9-7-15)26-18-4-2-1-3-5-18/h1-12,20H,13-14H2,(H,23,24). The summed E-state index contributed by atoms with van der Waals surface area (Å²) in [5.41, 5.74) is 2.94. The van der Waals surface area contributed by atoms with Gasteiger partial charge in [-0.05, 0) is 41.5 Å². The first-order valence-electron chi connectivity index (χ1n) is 8.43. The van der Waals surface area contributed by atoms with Crippen LogP contribution in [0, 0.1) is 0 Å². The Balaban J connectivity index is 1.52. The maximum Gasteiger partial charge on any atom is 0.246 e. The van der Waals surface area contributed by atoms with Crippen molar-refractivity contribution in [2.45, 2.75) is 6.04 Å². The molecule has 1 atom stereocenters. The van der Waals surface area contributed by atoms with E-state index in [1.807, 2.05) is 66.9 Å². The van der Waals surface area contributed by atoms with E-state index >= 15 is 0 Å². The average molecular weight is 346 g/mol. The van der Waals surface area contributed by atoms with E-state index < -0.39 is 0 Å². The topological polar surface area (TPSA) is 60.5 Å². The highest BCUT2D eigenvalue weighted by atomic mass is 16.5. The largest absolute Gasteiger partial charge is 0.457 e. The SMILES string of the molecule is O=C1COCC(c2cncc(-c3ccc(Oc4ccccc4)cc3)c2)N1. The molecule has 0 radical (unpaired) electrons. The van der Waals surface area contributed by atoms with Gasteiger partial charge in [0.2, 0.25) is 5.91 Å². The van der Waals surface area contributed by atoms with Crippen molar-refractivity contribution >= 4 is 5.91 Å². The van der Waals surface area contributed by atoms with Crippen molar-refractivity contribution in [3.05, 3.63) is 78.6 Å². The molecule has 5 nitrogen and oxygen atoms in total. The lowest BCUT2D eigenvalue weighted by atomic mass is 10.0. The first-order chi connectivity index (χ1) is 12.8. The van der Waals surface area contributed by atoms with Gasteiger partial charge in [-0.15, -0.1) is 0 Å². The Hall–Kier alpha value is -3.18. The maximum absolute atomic E-state index is 11.5. The van der Waals surface area contributed by atoms with Gasteiger partial charge in [0, 0.05) is 18.0 Å². The summed E-state index contributed by atoms with van der Waals surface area (Å²) in [5, 5.41) is 2.92. The molecule has 0 bridgehead atoms. The van der Waals surface area contributed by atoms with Crippen molar-refractivity contribution in [1.29, 1.82) is 0 Å². The summed E-state index contributed by atoms with van der Waals surface area (Å²) < 4.78 is 11.1. The van der Waals surface area contributed by atoms with Gasteiger partial charge in [-0.2, -0.15) is 0 Å². The van der Waals surface area contributed by atoms with E-state index in [2.05, 4.69) is 10.3 Å². The fraction of sp³-hybridized carbons (Fsp3) is 0.143. The molecule has 0 spiro atoms. The number of nitrogens with zero attached hydrogens (tertiary/aromatic N) is 1. The minimum Gasteiger partial charge on any atom is -0.457 e. The molecule has 1 amide bonds. The fourth-order valence-corrected chi connectivity index (χ4v) is 2.87. The minimum atomic E-state index is -0.163. The first kappa shape index (κ1) is 16.3. The van der Waals surface area contributed by atoms with E-state index in [1.165, 1.54) is 0 Å². The lowest BCUT2D eigenvalue weighted by Gasteiger charge is -2.23. The Bertz CT molecular complexity index is 895. The Kier molecular flexibility index (Phi) is 4.62. The number of nitrogens with one attached hydrogen (secondary N) is 1. The molecule has 4 rings (SSSR count). The summed E-state index contributed by atoms with van der Waals surface area (Å²) in [7, 11) is 0. The molecule has 1 N–H and O–H groups in total. The summed E-state index contributed by atoms with van der Waals surface area (Å²) >= 11 is 0. The van der Waals surface area contributed by atoms with E-state index in [1.54, 1.807) is 6.20 Å². The first-order valence-corrected chi connectivity index (χ1v) is 8.43. The predicted molar refractivity (Wildman–Crippen MR) is 97.9 cm³/mol. The van der Waals surface area contributed by atoms with Gasteiger partial charge in [0.25, 0.3) is 0 Å². The van der Waals surface area contributed by atoms with Gasteiger partial charge in [-0.1, -0.05) is 30.3 Å². The number of carbonyl (C=O) groups is 1. The van der Waals surface area contributed by atoms with Crippen LogP contribution in [0.25, 0.3) is 11.1 Å². The molecule has 0 aliphatic carbocycles. The summed E-state index contributed by atoms with van der Waals surface area (Å²) in [6.07, 6.45) is 3.57. The zero-order chi connectivity index (χ0) is 17.8. The predicted octanol–water partition coefficient (Wildman–Crippen LogP) is 3.73. The summed E-state index contributed by atoms with van der Waals surface area (Å²) in [5.74, 6) is 1.48. The van der Waals surface area contributed by atoms with Crippen molar-refractivity contribution in [3.8, 4) is 22.6 Å². The second-order valence-corrected chi connectivity index (χ2v) is 6.08. The summed E-state index contributed by atoms with van der Waals surface area (Å²) in [6.45, 7) is 0.577. The van der Waals surface area contributed by atoms with Gasteiger partial charge >= 0.3 is 0 Å². The number of para-hydroxylation sites is 1. The highest BCUT2D eigenvalue weighted by Crippen LogP contribution is 2.27. The summed E-state index contributed by atoms with van der Waals surface area (Å²) in [6, 6.07) is 19.4. The van der Waals surface area contributed by atoms with Crippen molar-refractivity contribution < 1.29 is 14.3 Å². The Morgan fingerprint density at radius 1 is 0.962 bits per heavy atom. The van der Waals surface area contributed by atoms with E-state index in [0.717, 1.165) is 28.2 Å². The van der Waals surface area contributed by atoms with Crippen LogP contribution in [0.4, 0.5) is 0 Å². The molecule has 3 aromatic rings. The maximum atomic E-state index is 11.5. The average Bonchev–Trinajstić information content (AvgIpc) is 2.69. The van der Waals surface area contributed by atoms with Crippen LogP contribution in [-0.2, 0) is 9.53 Å². The number of aromatic nitrogens is 1. The Morgan fingerprint density at radius 3 is 2.50 bits per heavy atom. The fourth-order valence-electron chi connectivity index (χ4n) is 2.87. The Labute approximate surface area is 151 Å². The molecular formula is C21H18N2O3. The lowest BCUT2D eigenvalue weighted by molar-refractivity contribution is -0.131. The second-order valence-electron chi connectivity index (χ2n) is 6.08. The van der Waals surface area contributed by atoms with Crippen LogP contribution < -0.4 is 10.1 Å². The van der Waals surface area contributed by atoms with Gasteiger partial charge in [0.1, 0.15) is 18.1 Å². The smallest absolute Gasteiger partial charge is 0.246 e. The molecule has 5 heteroatoms. The van der Waals surface area contributed by atoms with Crippen LogP contribution in [0.5, 0.6) is 11.5 Å². The third kappa shape index (κ3) is 3.73. The van der Waals surface area contributed by atoms with Gasteiger partial charge in [0.05, 0.1) is 12.6 Å². The van der Waals surface area contributed by atoms with Gasteiger partial charge in [-0.3, -0.25) is 9.78 Å². The van der Waals surface area contributed by atoms with Crippen LogP contribution in [0.1, 0.15) is 11.6 Å². The molecule has 1 fully saturated rings. The highest BCUT2D eigenvalue weighted by molar-refractivity contribution is 5.78. The van der Waals surface area contributed by atoms with Crippen LogP contribution in [-0.4, -0.2) is 24.1 Å². The molecule has 1 saturated heterocycles. The van der Waals surface area contributed by atoms with Crippen LogP contribution in [0.15, 0.2) is 73.1 Å². The second kappa shape index (κ2) is 7.37. The molecule has 1 aromatic heterocycles. The third-order valence-corrected chi connectivity index (χ3v) is 4.18. The molecule has 1 aliphatic heterocycles. The van der Waals surface area contributed by atoms with Crippen molar-refractivity contribution in [2.75, 3.05) is 13.2 Å². The zero-order valence-corrected chi connectivity index (χ0v) is 14.1. The van der Waals surface area contributed by atoms with Gasteiger partial charge in [0.15, 0.2) is 0 Å². The number of benzene rings is 2. The molecule has 130 valence electrons. The monoisotopic (exact) mass is 346 g/mol.